The third kappa shape index (κ3) is 5.27. The number of carbonyl (C=O) groups is 2. The Morgan fingerprint density at radius 3 is 2.34 bits per heavy atom. The molecule has 0 aromatic heterocycles. The minimum absolute atomic E-state index is 0.0155. The van der Waals surface area contributed by atoms with Gasteiger partial charge in [0, 0.05) is 29.2 Å². The van der Waals surface area contributed by atoms with Gasteiger partial charge >= 0.3 is 5.69 Å². The van der Waals surface area contributed by atoms with Gasteiger partial charge in [-0.1, -0.05) is 48.5 Å². The van der Waals surface area contributed by atoms with Crippen molar-refractivity contribution < 1.29 is 19.2 Å². The zero-order valence-corrected chi connectivity index (χ0v) is 19.0. The first kappa shape index (κ1) is 23.4. The van der Waals surface area contributed by atoms with E-state index >= 15 is 0 Å². The number of nitro groups is 1. The molecule has 0 saturated carbocycles. The average Bonchev–Trinajstić information content (AvgIpc) is 2.88. The van der Waals surface area contributed by atoms with Gasteiger partial charge in [0.2, 0.25) is 0 Å². The fourth-order valence-corrected chi connectivity index (χ4v) is 3.79. The van der Waals surface area contributed by atoms with Gasteiger partial charge in [0.05, 0.1) is 10.6 Å². The van der Waals surface area contributed by atoms with Crippen LogP contribution in [0.2, 0.25) is 0 Å². The van der Waals surface area contributed by atoms with Gasteiger partial charge in [-0.15, -0.1) is 0 Å². The summed E-state index contributed by atoms with van der Waals surface area (Å²) in [5.41, 5.74) is 1.58. The van der Waals surface area contributed by atoms with Crippen LogP contribution in [-0.4, -0.2) is 29.9 Å². The number of rotatable bonds is 8. The molecule has 0 fully saturated rings. The third-order valence-electron chi connectivity index (χ3n) is 5.46. The molecule has 0 heterocycles. The lowest BCUT2D eigenvalue weighted by Gasteiger charge is -2.23. The maximum absolute atomic E-state index is 13.3. The monoisotopic (exact) mass is 469 g/mol. The highest BCUT2D eigenvalue weighted by Gasteiger charge is 2.19. The van der Waals surface area contributed by atoms with Crippen LogP contribution in [0, 0.1) is 10.1 Å². The Labute approximate surface area is 201 Å². The molecule has 0 aliphatic carbocycles. The molecule has 0 saturated heterocycles. The van der Waals surface area contributed by atoms with Crippen molar-refractivity contribution in [3.8, 4) is 5.75 Å². The first-order valence-electron chi connectivity index (χ1n) is 11.0. The topological polar surface area (TPSA) is 102 Å². The van der Waals surface area contributed by atoms with Crippen LogP contribution >= 0.6 is 0 Å². The summed E-state index contributed by atoms with van der Waals surface area (Å²) in [5, 5.41) is 15.8. The molecule has 176 valence electrons. The van der Waals surface area contributed by atoms with Crippen LogP contribution in [0.3, 0.4) is 0 Å². The molecule has 0 aliphatic rings. The van der Waals surface area contributed by atoms with E-state index in [2.05, 4.69) is 5.32 Å². The fraction of sp³-hybridized carbons (Fsp3) is 0.111. The van der Waals surface area contributed by atoms with Gasteiger partial charge < -0.3 is 15.0 Å². The van der Waals surface area contributed by atoms with Gasteiger partial charge in [-0.3, -0.25) is 19.7 Å². The maximum atomic E-state index is 13.3. The number of anilines is 2. The number of nitrogens with one attached hydrogen (secondary N) is 1. The van der Waals surface area contributed by atoms with Gasteiger partial charge in [-0.05, 0) is 48.7 Å². The van der Waals surface area contributed by atoms with Gasteiger partial charge in [0.15, 0.2) is 12.4 Å². The normalized spacial score (nSPS) is 10.5. The van der Waals surface area contributed by atoms with E-state index in [1.807, 2.05) is 49.4 Å². The molecule has 8 heteroatoms. The number of para-hydroxylation sites is 2. The lowest BCUT2D eigenvalue weighted by molar-refractivity contribution is -0.385. The van der Waals surface area contributed by atoms with E-state index in [0.29, 0.717) is 17.8 Å². The number of amides is 2. The van der Waals surface area contributed by atoms with Crippen molar-refractivity contribution in [3.05, 3.63) is 107 Å². The third-order valence-corrected chi connectivity index (χ3v) is 5.46. The molecule has 0 unspecified atom stereocenters. The molecule has 4 rings (SSSR count). The van der Waals surface area contributed by atoms with Crippen LogP contribution < -0.4 is 15.0 Å². The van der Waals surface area contributed by atoms with Crippen LogP contribution in [0.25, 0.3) is 10.8 Å². The lowest BCUT2D eigenvalue weighted by Crippen LogP contribution is -2.30. The second kappa shape index (κ2) is 10.5. The molecule has 0 radical (unpaired) electrons. The van der Waals surface area contributed by atoms with E-state index in [0.717, 1.165) is 16.5 Å². The molecule has 0 aliphatic heterocycles. The Morgan fingerprint density at radius 2 is 1.60 bits per heavy atom. The largest absolute Gasteiger partial charge is 0.477 e. The Morgan fingerprint density at radius 1 is 0.914 bits per heavy atom. The summed E-state index contributed by atoms with van der Waals surface area (Å²) < 4.78 is 5.31. The van der Waals surface area contributed by atoms with Crippen LogP contribution in [0.15, 0.2) is 91.0 Å². The first-order chi connectivity index (χ1) is 17.0. The summed E-state index contributed by atoms with van der Waals surface area (Å²) in [6, 6.07) is 26.2. The quantitative estimate of drug-likeness (QED) is 0.274. The highest BCUT2D eigenvalue weighted by molar-refractivity contribution is 6.11. The number of carbonyl (C=O) groups excluding carboxylic acids is 2. The maximum Gasteiger partial charge on any atom is 0.310 e. The molecular weight excluding hydrogens is 446 g/mol. The molecule has 4 aromatic carbocycles. The highest BCUT2D eigenvalue weighted by atomic mass is 16.6. The fourth-order valence-electron chi connectivity index (χ4n) is 3.79. The van der Waals surface area contributed by atoms with Crippen LogP contribution in [0.4, 0.5) is 17.1 Å². The van der Waals surface area contributed by atoms with E-state index in [9.17, 15) is 19.7 Å². The zero-order chi connectivity index (χ0) is 24.8. The number of hydrogen-bond donors (Lipinski definition) is 1. The Kier molecular flexibility index (Phi) is 7.02. The molecule has 0 atom stereocenters. The molecule has 0 bridgehead atoms. The van der Waals surface area contributed by atoms with Crippen molar-refractivity contribution in [2.45, 2.75) is 6.92 Å². The van der Waals surface area contributed by atoms with E-state index in [4.69, 9.17) is 4.74 Å². The van der Waals surface area contributed by atoms with Crippen LogP contribution in [0.5, 0.6) is 5.75 Å². The van der Waals surface area contributed by atoms with Crippen molar-refractivity contribution in [1.82, 2.24) is 0 Å². The molecular formula is C27H23N3O5. The standard InChI is InChI=1S/C27H23N3O5/c1-2-29(23-12-7-9-19-8-3-4-10-22(19)23)27(32)20-14-16-21(17-15-20)28-26(31)18-35-25-13-6-5-11-24(25)30(33)34/h3-17H,2,18H2,1H3,(H,28,31). The number of nitro benzene ring substituents is 1. The summed E-state index contributed by atoms with van der Waals surface area (Å²) in [6.07, 6.45) is 0. The molecule has 4 aromatic rings. The van der Waals surface area contributed by atoms with Gasteiger partial charge in [-0.2, -0.15) is 0 Å². The number of benzene rings is 4. The number of hydrogen-bond acceptors (Lipinski definition) is 5. The second-order valence-corrected chi connectivity index (χ2v) is 7.69. The van der Waals surface area contributed by atoms with Gasteiger partial charge in [-0.25, -0.2) is 0 Å². The molecule has 35 heavy (non-hydrogen) atoms. The summed E-state index contributed by atoms with van der Waals surface area (Å²) >= 11 is 0. The summed E-state index contributed by atoms with van der Waals surface area (Å²) in [7, 11) is 0. The van der Waals surface area contributed by atoms with E-state index in [1.165, 1.54) is 18.2 Å². The zero-order valence-electron chi connectivity index (χ0n) is 19.0. The summed E-state index contributed by atoms with van der Waals surface area (Å²) in [5.74, 6) is -0.615. The van der Waals surface area contributed by atoms with Gasteiger partial charge in [0.1, 0.15) is 0 Å². The van der Waals surface area contributed by atoms with Crippen molar-refractivity contribution >= 4 is 39.6 Å². The molecule has 0 spiro atoms. The van der Waals surface area contributed by atoms with E-state index in [-0.39, 0.29) is 17.3 Å². The predicted octanol–water partition coefficient (Wildman–Crippen LogP) is 5.43. The predicted molar refractivity (Wildman–Crippen MR) is 135 cm³/mol. The van der Waals surface area contributed by atoms with Crippen molar-refractivity contribution in [1.29, 1.82) is 0 Å². The van der Waals surface area contributed by atoms with Crippen LogP contribution in [0.1, 0.15) is 17.3 Å². The van der Waals surface area contributed by atoms with E-state index < -0.39 is 17.4 Å². The Bertz CT molecular complexity index is 1380. The van der Waals surface area contributed by atoms with Crippen LogP contribution in [-0.2, 0) is 4.79 Å². The van der Waals surface area contributed by atoms with Crippen molar-refractivity contribution in [2.24, 2.45) is 0 Å². The average molecular weight is 469 g/mol. The molecule has 2 amide bonds. The number of fused-ring (bicyclic) bond motifs is 1. The van der Waals surface area contributed by atoms with Crippen molar-refractivity contribution in [3.63, 3.8) is 0 Å². The molecule has 8 nitrogen and oxygen atoms in total. The Balaban J connectivity index is 1.43. The minimum Gasteiger partial charge on any atom is -0.477 e. The first-order valence-corrected chi connectivity index (χ1v) is 11.0. The Hall–Kier alpha value is -4.72. The lowest BCUT2D eigenvalue weighted by atomic mass is 10.1. The smallest absolute Gasteiger partial charge is 0.310 e. The SMILES string of the molecule is CCN(C(=O)c1ccc(NC(=O)COc2ccccc2[N+](=O)[O-])cc1)c1cccc2ccccc12. The minimum atomic E-state index is -0.569. The van der Waals surface area contributed by atoms with E-state index in [1.54, 1.807) is 35.2 Å². The summed E-state index contributed by atoms with van der Waals surface area (Å²) in [4.78, 5) is 37.7. The second-order valence-electron chi connectivity index (χ2n) is 7.69. The summed E-state index contributed by atoms with van der Waals surface area (Å²) in [6.45, 7) is 2.02. The van der Waals surface area contributed by atoms with Crippen molar-refractivity contribution in [2.75, 3.05) is 23.4 Å². The highest BCUT2D eigenvalue weighted by Crippen LogP contribution is 2.28. The van der Waals surface area contributed by atoms with Gasteiger partial charge in [0.25, 0.3) is 11.8 Å². The number of nitrogens with zero attached hydrogens (tertiary/aromatic N) is 2. The number of ether oxygens (including phenoxy) is 1. The molecule has 1 N–H and O–H groups in total.